The highest BCUT2D eigenvalue weighted by Crippen LogP contribution is 2.30. The van der Waals surface area contributed by atoms with Crippen molar-refractivity contribution in [3.63, 3.8) is 0 Å². The van der Waals surface area contributed by atoms with Crippen LogP contribution in [0.25, 0.3) is 0 Å². The number of nitrogens with one attached hydrogen (secondary N) is 2. The summed E-state index contributed by atoms with van der Waals surface area (Å²) in [5.41, 5.74) is 0. The first-order valence-corrected chi connectivity index (χ1v) is 8.86. The third kappa shape index (κ3) is 5.91. The van der Waals surface area contributed by atoms with Gasteiger partial charge in [-0.2, -0.15) is 0 Å². The van der Waals surface area contributed by atoms with E-state index < -0.39 is 0 Å². The Bertz CT molecular complexity index is 562. The van der Waals surface area contributed by atoms with Gasteiger partial charge < -0.3 is 25.2 Å². The fourth-order valence-electron chi connectivity index (χ4n) is 3.08. The molecule has 1 fully saturated rings. The van der Waals surface area contributed by atoms with Gasteiger partial charge in [-0.25, -0.2) is 4.99 Å². The monoisotopic (exact) mass is 461 g/mol. The largest absolute Gasteiger partial charge is 0.486 e. The van der Waals surface area contributed by atoms with Gasteiger partial charge in [0.2, 0.25) is 0 Å². The van der Waals surface area contributed by atoms with Crippen molar-refractivity contribution in [2.75, 3.05) is 19.7 Å². The molecule has 2 aliphatic rings. The quantitative estimate of drug-likeness (QED) is 0.365. The molecule has 6 nitrogen and oxygen atoms in total. The molecule has 7 heteroatoms. The van der Waals surface area contributed by atoms with E-state index in [-0.39, 0.29) is 36.2 Å². The van der Waals surface area contributed by atoms with Crippen LogP contribution < -0.4 is 20.1 Å². The highest BCUT2D eigenvalue weighted by Gasteiger charge is 2.22. The minimum Gasteiger partial charge on any atom is -0.486 e. The average molecular weight is 461 g/mol. The molecular formula is C18H28IN3O3. The van der Waals surface area contributed by atoms with E-state index in [2.05, 4.69) is 22.5 Å². The van der Waals surface area contributed by atoms with Crippen molar-refractivity contribution in [2.24, 2.45) is 4.99 Å². The SMILES string of the molecule is CCNC(=NCC1COc2ccccc2O1)NC1CCC(O)CC1.I. The van der Waals surface area contributed by atoms with Crippen molar-refractivity contribution in [1.29, 1.82) is 0 Å². The van der Waals surface area contributed by atoms with Crippen molar-refractivity contribution >= 4 is 29.9 Å². The Morgan fingerprint density at radius 2 is 1.92 bits per heavy atom. The third-order valence-electron chi connectivity index (χ3n) is 4.40. The Morgan fingerprint density at radius 1 is 1.20 bits per heavy atom. The molecule has 0 amide bonds. The van der Waals surface area contributed by atoms with Crippen molar-refractivity contribution in [3.8, 4) is 11.5 Å². The number of nitrogens with zero attached hydrogens (tertiary/aromatic N) is 1. The number of guanidine groups is 1. The summed E-state index contributed by atoms with van der Waals surface area (Å²) in [5.74, 6) is 2.38. The van der Waals surface area contributed by atoms with Gasteiger partial charge in [0, 0.05) is 12.6 Å². The first kappa shape index (κ1) is 20.1. The van der Waals surface area contributed by atoms with Gasteiger partial charge in [0.1, 0.15) is 6.61 Å². The van der Waals surface area contributed by atoms with Crippen LogP contribution in [-0.4, -0.2) is 49.0 Å². The highest BCUT2D eigenvalue weighted by molar-refractivity contribution is 14.0. The lowest BCUT2D eigenvalue weighted by atomic mass is 9.93. The van der Waals surface area contributed by atoms with Crippen molar-refractivity contribution in [2.45, 2.75) is 50.9 Å². The predicted molar refractivity (Wildman–Crippen MR) is 109 cm³/mol. The maximum absolute atomic E-state index is 9.61. The summed E-state index contributed by atoms with van der Waals surface area (Å²) in [7, 11) is 0. The standard InChI is InChI=1S/C18H27N3O3.HI/c1-2-19-18(21-13-7-9-14(22)10-8-13)20-11-15-12-23-16-5-3-4-6-17(16)24-15;/h3-6,13-15,22H,2,7-12H2,1H3,(H2,19,20,21);1H. The number of ether oxygens (including phenoxy) is 2. The summed E-state index contributed by atoms with van der Waals surface area (Å²) in [6.45, 7) is 3.92. The van der Waals surface area contributed by atoms with Crippen LogP contribution in [0.2, 0.25) is 0 Å². The zero-order chi connectivity index (χ0) is 16.8. The smallest absolute Gasteiger partial charge is 0.191 e. The molecule has 3 N–H and O–H groups in total. The lowest BCUT2D eigenvalue weighted by molar-refractivity contribution is 0.0970. The van der Waals surface area contributed by atoms with E-state index in [0.29, 0.717) is 19.2 Å². The maximum atomic E-state index is 9.61. The molecule has 0 aromatic heterocycles. The van der Waals surface area contributed by atoms with E-state index in [1.165, 1.54) is 0 Å². The molecule has 0 radical (unpaired) electrons. The number of halogens is 1. The van der Waals surface area contributed by atoms with Gasteiger partial charge in [0.15, 0.2) is 23.6 Å². The molecule has 1 heterocycles. The number of rotatable bonds is 4. The number of hydrogen-bond donors (Lipinski definition) is 3. The number of hydrogen-bond acceptors (Lipinski definition) is 4. The van der Waals surface area contributed by atoms with Crippen LogP contribution in [0.4, 0.5) is 0 Å². The molecule has 1 aliphatic carbocycles. The van der Waals surface area contributed by atoms with Gasteiger partial charge >= 0.3 is 0 Å². The number of aliphatic imine (C=N–C) groups is 1. The second-order valence-corrected chi connectivity index (χ2v) is 6.37. The number of aliphatic hydroxyl groups is 1. The Kier molecular flexibility index (Phi) is 8.08. The van der Waals surface area contributed by atoms with Crippen LogP contribution in [0.3, 0.4) is 0 Å². The van der Waals surface area contributed by atoms with E-state index in [1.54, 1.807) is 0 Å². The second-order valence-electron chi connectivity index (χ2n) is 6.37. The van der Waals surface area contributed by atoms with Gasteiger partial charge in [-0.1, -0.05) is 12.1 Å². The lowest BCUT2D eigenvalue weighted by Gasteiger charge is -2.28. The number of para-hydroxylation sites is 2. The summed E-state index contributed by atoms with van der Waals surface area (Å²) in [5, 5.41) is 16.4. The second kappa shape index (κ2) is 10.1. The van der Waals surface area contributed by atoms with Crippen molar-refractivity contribution in [3.05, 3.63) is 24.3 Å². The minimum absolute atomic E-state index is 0. The molecule has 25 heavy (non-hydrogen) atoms. The number of benzene rings is 1. The number of aliphatic hydroxyl groups excluding tert-OH is 1. The molecule has 3 rings (SSSR count). The molecular weight excluding hydrogens is 433 g/mol. The zero-order valence-electron chi connectivity index (χ0n) is 14.6. The van der Waals surface area contributed by atoms with E-state index >= 15 is 0 Å². The summed E-state index contributed by atoms with van der Waals surface area (Å²) in [6, 6.07) is 8.08. The first-order valence-electron chi connectivity index (χ1n) is 8.86. The zero-order valence-corrected chi connectivity index (χ0v) is 16.9. The van der Waals surface area contributed by atoms with E-state index in [0.717, 1.165) is 49.7 Å². The van der Waals surface area contributed by atoms with Crippen LogP contribution in [0.15, 0.2) is 29.3 Å². The Balaban J connectivity index is 0.00000225. The van der Waals surface area contributed by atoms with Gasteiger partial charge in [-0.05, 0) is 44.7 Å². The van der Waals surface area contributed by atoms with E-state index in [4.69, 9.17) is 9.47 Å². The van der Waals surface area contributed by atoms with Crippen molar-refractivity contribution < 1.29 is 14.6 Å². The van der Waals surface area contributed by atoms with Crippen LogP contribution in [0.1, 0.15) is 32.6 Å². The van der Waals surface area contributed by atoms with E-state index in [9.17, 15) is 5.11 Å². The third-order valence-corrected chi connectivity index (χ3v) is 4.40. The molecule has 1 saturated carbocycles. The summed E-state index contributed by atoms with van der Waals surface area (Å²) < 4.78 is 11.7. The van der Waals surface area contributed by atoms with Crippen molar-refractivity contribution in [1.82, 2.24) is 10.6 Å². The number of fused-ring (bicyclic) bond motifs is 1. The molecule has 0 saturated heterocycles. The topological polar surface area (TPSA) is 75.1 Å². The summed E-state index contributed by atoms with van der Waals surface area (Å²) >= 11 is 0. The van der Waals surface area contributed by atoms with E-state index in [1.807, 2.05) is 24.3 Å². The Morgan fingerprint density at radius 3 is 2.64 bits per heavy atom. The highest BCUT2D eigenvalue weighted by atomic mass is 127. The Hall–Kier alpha value is -1.22. The molecule has 1 aliphatic heterocycles. The molecule has 1 aromatic rings. The fraction of sp³-hybridized carbons (Fsp3) is 0.611. The molecule has 1 atom stereocenters. The molecule has 1 aromatic carbocycles. The van der Waals surface area contributed by atoms with Crippen LogP contribution in [0, 0.1) is 0 Å². The molecule has 1 unspecified atom stereocenters. The van der Waals surface area contributed by atoms with Gasteiger partial charge in [-0.15, -0.1) is 24.0 Å². The molecule has 0 spiro atoms. The lowest BCUT2D eigenvalue weighted by Crippen LogP contribution is -2.46. The molecule has 140 valence electrons. The average Bonchev–Trinajstić information content (AvgIpc) is 2.61. The fourth-order valence-corrected chi connectivity index (χ4v) is 3.08. The van der Waals surface area contributed by atoms with Crippen LogP contribution >= 0.6 is 24.0 Å². The van der Waals surface area contributed by atoms with Gasteiger partial charge in [-0.3, -0.25) is 0 Å². The normalized spacial score (nSPS) is 25.7. The minimum atomic E-state index is -0.143. The predicted octanol–water partition coefficient (Wildman–Crippen LogP) is 2.30. The maximum Gasteiger partial charge on any atom is 0.191 e. The first-order chi connectivity index (χ1) is 11.7. The Labute approximate surface area is 166 Å². The van der Waals surface area contributed by atoms with Gasteiger partial charge in [0.05, 0.1) is 12.6 Å². The van der Waals surface area contributed by atoms with Crippen LogP contribution in [-0.2, 0) is 0 Å². The summed E-state index contributed by atoms with van der Waals surface area (Å²) in [6.07, 6.45) is 3.43. The van der Waals surface area contributed by atoms with Gasteiger partial charge in [0.25, 0.3) is 0 Å². The molecule has 0 bridgehead atoms. The van der Waals surface area contributed by atoms with Crippen LogP contribution in [0.5, 0.6) is 11.5 Å². The summed E-state index contributed by atoms with van der Waals surface area (Å²) in [4.78, 5) is 4.65.